The lowest BCUT2D eigenvalue weighted by Crippen LogP contribution is -2.56. The van der Waals surface area contributed by atoms with E-state index in [1.54, 1.807) is 18.5 Å². The molecule has 160 valence electrons. The minimum Gasteiger partial charge on any atom is -0.360 e. The molecule has 2 bridgehead atoms. The fourth-order valence-corrected chi connectivity index (χ4v) is 4.97. The molecule has 0 saturated carbocycles. The van der Waals surface area contributed by atoms with E-state index < -0.39 is 0 Å². The zero-order valence-electron chi connectivity index (χ0n) is 17.4. The second-order valence-corrected chi connectivity index (χ2v) is 8.33. The Morgan fingerprint density at radius 3 is 2.74 bits per heavy atom. The first-order valence-corrected chi connectivity index (χ1v) is 10.9. The number of piperazine rings is 1. The number of carbonyl (C=O) groups is 1. The van der Waals surface area contributed by atoms with Crippen molar-refractivity contribution in [2.24, 2.45) is 0 Å². The number of likely N-dealkylation sites (tertiary alicyclic amines) is 1. The minimum absolute atomic E-state index is 0.166. The van der Waals surface area contributed by atoms with E-state index in [0.29, 0.717) is 38.3 Å². The van der Waals surface area contributed by atoms with Crippen molar-refractivity contribution in [1.29, 1.82) is 0 Å². The van der Waals surface area contributed by atoms with Crippen LogP contribution in [0.3, 0.4) is 0 Å². The highest BCUT2D eigenvalue weighted by molar-refractivity contribution is 5.82. The Kier molecular flexibility index (Phi) is 5.51. The molecule has 0 spiro atoms. The summed E-state index contributed by atoms with van der Waals surface area (Å²) < 4.78 is 14.3. The number of carbonyl (C=O) groups excluding carboxylic acids is 1. The topological polar surface area (TPSA) is 61.4 Å². The van der Waals surface area contributed by atoms with Crippen LogP contribution in [0.5, 0.6) is 0 Å². The quantitative estimate of drug-likeness (QED) is 0.622. The molecule has 2 aliphatic heterocycles. The van der Waals surface area contributed by atoms with Crippen LogP contribution in [-0.4, -0.2) is 52.5 Å². The van der Waals surface area contributed by atoms with E-state index >= 15 is 0 Å². The second kappa shape index (κ2) is 8.59. The number of hydrogen-bond donors (Lipinski definition) is 1. The Morgan fingerprint density at radius 1 is 1.10 bits per heavy atom. The maximum absolute atomic E-state index is 14.3. The number of fused-ring (bicyclic) bond motifs is 3. The van der Waals surface area contributed by atoms with E-state index in [-0.39, 0.29) is 23.8 Å². The Morgan fingerprint density at radius 2 is 1.94 bits per heavy atom. The van der Waals surface area contributed by atoms with Crippen LogP contribution in [-0.2, 0) is 11.3 Å². The Labute approximate surface area is 181 Å². The summed E-state index contributed by atoms with van der Waals surface area (Å²) in [6, 6.07) is 12.2. The van der Waals surface area contributed by atoms with Crippen molar-refractivity contribution in [2.45, 2.75) is 37.9 Å². The van der Waals surface area contributed by atoms with Crippen LogP contribution in [0.2, 0.25) is 0 Å². The molecule has 2 unspecified atom stereocenters. The van der Waals surface area contributed by atoms with Gasteiger partial charge < -0.3 is 15.1 Å². The first kappa shape index (κ1) is 19.9. The maximum atomic E-state index is 14.3. The molecule has 1 aromatic carbocycles. The van der Waals surface area contributed by atoms with E-state index in [1.165, 1.54) is 11.8 Å². The summed E-state index contributed by atoms with van der Waals surface area (Å²) >= 11 is 0. The number of aromatic nitrogens is 2. The van der Waals surface area contributed by atoms with Crippen LogP contribution in [0.4, 0.5) is 10.1 Å². The molecule has 1 amide bonds. The Hall–Kier alpha value is -3.06. The Bertz CT molecular complexity index is 1070. The van der Waals surface area contributed by atoms with Crippen molar-refractivity contribution in [3.8, 4) is 0 Å². The van der Waals surface area contributed by atoms with Gasteiger partial charge in [0.15, 0.2) is 5.82 Å². The highest BCUT2D eigenvalue weighted by Crippen LogP contribution is 2.36. The molecule has 7 heteroatoms. The summed E-state index contributed by atoms with van der Waals surface area (Å²) in [5.74, 6) is -0.120. The van der Waals surface area contributed by atoms with Gasteiger partial charge in [0, 0.05) is 62.5 Å². The van der Waals surface area contributed by atoms with Gasteiger partial charge in [0.2, 0.25) is 5.91 Å². The van der Waals surface area contributed by atoms with Crippen LogP contribution in [0.15, 0.2) is 55.0 Å². The van der Waals surface area contributed by atoms with Gasteiger partial charge in [-0.2, -0.15) is 0 Å². The third-order valence-electron chi connectivity index (χ3n) is 6.43. The number of benzene rings is 1. The molecule has 4 heterocycles. The molecule has 2 fully saturated rings. The molecule has 31 heavy (non-hydrogen) atoms. The van der Waals surface area contributed by atoms with E-state index in [2.05, 4.69) is 32.3 Å². The average molecular weight is 420 g/mol. The third-order valence-corrected chi connectivity index (χ3v) is 6.43. The summed E-state index contributed by atoms with van der Waals surface area (Å²) in [7, 11) is 0. The summed E-state index contributed by atoms with van der Waals surface area (Å²) in [4.78, 5) is 25.2. The summed E-state index contributed by atoms with van der Waals surface area (Å²) in [5.41, 5.74) is 2.78. The summed E-state index contributed by atoms with van der Waals surface area (Å²) in [6.07, 6.45) is 7.14. The number of halogens is 1. The molecule has 1 N–H and O–H groups in total. The number of anilines is 1. The summed E-state index contributed by atoms with van der Waals surface area (Å²) in [5, 5.41) is 4.54. The van der Waals surface area contributed by atoms with Gasteiger partial charge in [-0.3, -0.25) is 14.8 Å². The maximum Gasteiger partial charge on any atom is 0.223 e. The highest BCUT2D eigenvalue weighted by Gasteiger charge is 2.42. The smallest absolute Gasteiger partial charge is 0.223 e. The molecule has 0 aliphatic carbocycles. The molecule has 2 saturated heterocycles. The predicted molar refractivity (Wildman–Crippen MR) is 118 cm³/mol. The lowest BCUT2D eigenvalue weighted by Gasteiger charge is -2.42. The van der Waals surface area contributed by atoms with Crippen molar-refractivity contribution in [3.63, 3.8) is 0 Å². The molecule has 6 nitrogen and oxygen atoms in total. The van der Waals surface area contributed by atoms with Crippen molar-refractivity contribution in [3.05, 3.63) is 66.4 Å². The molecular formula is C24H26FN5O. The number of pyridine rings is 2. The monoisotopic (exact) mass is 419 g/mol. The number of rotatable bonds is 6. The van der Waals surface area contributed by atoms with E-state index in [9.17, 15) is 9.18 Å². The molecular weight excluding hydrogens is 393 g/mol. The molecule has 2 atom stereocenters. The third kappa shape index (κ3) is 3.97. The highest BCUT2D eigenvalue weighted by atomic mass is 19.1. The van der Waals surface area contributed by atoms with Gasteiger partial charge in [-0.1, -0.05) is 18.2 Å². The first-order valence-electron chi connectivity index (χ1n) is 10.9. The van der Waals surface area contributed by atoms with Gasteiger partial charge in [-0.15, -0.1) is 0 Å². The van der Waals surface area contributed by atoms with Crippen LogP contribution in [0, 0.1) is 5.82 Å². The van der Waals surface area contributed by atoms with Crippen LogP contribution >= 0.6 is 0 Å². The van der Waals surface area contributed by atoms with Crippen LogP contribution in [0.1, 0.15) is 24.8 Å². The van der Waals surface area contributed by atoms with Gasteiger partial charge >= 0.3 is 0 Å². The van der Waals surface area contributed by atoms with Gasteiger partial charge in [-0.05, 0) is 36.6 Å². The molecule has 3 aromatic rings. The van der Waals surface area contributed by atoms with Gasteiger partial charge in [0.1, 0.15) is 0 Å². The molecule has 0 radical (unpaired) electrons. The normalized spacial score (nSPS) is 20.4. The van der Waals surface area contributed by atoms with Crippen LogP contribution < -0.4 is 10.2 Å². The van der Waals surface area contributed by atoms with Gasteiger partial charge in [-0.25, -0.2) is 4.39 Å². The number of hydrogen-bond acceptors (Lipinski definition) is 5. The molecule has 2 aromatic heterocycles. The fraction of sp³-hybridized carbons (Fsp3) is 0.375. The van der Waals surface area contributed by atoms with E-state index in [0.717, 1.165) is 23.7 Å². The zero-order chi connectivity index (χ0) is 21.2. The first-order chi connectivity index (χ1) is 15.2. The lowest BCUT2D eigenvalue weighted by atomic mass is 10.1. The minimum atomic E-state index is -0.285. The molecule has 2 aliphatic rings. The largest absolute Gasteiger partial charge is 0.360 e. The number of amides is 1. The fourth-order valence-electron chi connectivity index (χ4n) is 4.97. The second-order valence-electron chi connectivity index (χ2n) is 8.33. The van der Waals surface area contributed by atoms with Gasteiger partial charge in [0.25, 0.3) is 0 Å². The molecule has 5 rings (SSSR count). The van der Waals surface area contributed by atoms with Crippen LogP contribution in [0.25, 0.3) is 10.9 Å². The van der Waals surface area contributed by atoms with Crippen molar-refractivity contribution in [1.82, 2.24) is 20.2 Å². The number of nitrogens with one attached hydrogen (secondary N) is 1. The zero-order valence-corrected chi connectivity index (χ0v) is 17.4. The van der Waals surface area contributed by atoms with Crippen molar-refractivity contribution in [2.75, 3.05) is 24.5 Å². The SMILES string of the molecule is O=C(CCNCc1cccc2ncccc12)N1CC2CCC(C1)N2c1ccncc1F. The van der Waals surface area contributed by atoms with E-state index in [4.69, 9.17) is 0 Å². The average Bonchev–Trinajstić information content (AvgIpc) is 3.05. The number of nitrogens with zero attached hydrogens (tertiary/aromatic N) is 4. The van der Waals surface area contributed by atoms with Crippen molar-refractivity contribution >= 4 is 22.5 Å². The Balaban J connectivity index is 1.15. The van der Waals surface area contributed by atoms with Crippen molar-refractivity contribution < 1.29 is 9.18 Å². The predicted octanol–water partition coefficient (Wildman–Crippen LogP) is 3.13. The lowest BCUT2D eigenvalue weighted by molar-refractivity contribution is -0.132. The van der Waals surface area contributed by atoms with Gasteiger partial charge in [0.05, 0.1) is 17.4 Å². The summed E-state index contributed by atoms with van der Waals surface area (Å²) in [6.45, 7) is 2.65. The standard InChI is InChI=1S/C24H26FN5O/c25-21-14-27-11-8-23(21)30-18-6-7-19(30)16-29(15-18)24(31)9-12-26-13-17-3-1-5-22-20(17)4-2-10-28-22/h1-5,8,10-11,14,18-19,26H,6-7,9,12-13,15-16H2. The van der Waals surface area contributed by atoms with E-state index in [1.807, 2.05) is 23.1 Å².